The van der Waals surface area contributed by atoms with Crippen LogP contribution in [0.25, 0.3) is 10.7 Å². The van der Waals surface area contributed by atoms with Crippen molar-refractivity contribution in [2.24, 2.45) is 5.92 Å². The lowest BCUT2D eigenvalue weighted by atomic mass is 9.96. The summed E-state index contributed by atoms with van der Waals surface area (Å²) in [7, 11) is 4.22. The molecular formula is C28H39N9OS. The Morgan fingerprint density at radius 3 is 2.56 bits per heavy atom. The summed E-state index contributed by atoms with van der Waals surface area (Å²) in [6.45, 7) is 5.21. The molecule has 208 valence electrons. The van der Waals surface area contributed by atoms with E-state index in [9.17, 15) is 4.79 Å². The summed E-state index contributed by atoms with van der Waals surface area (Å²) in [5, 5.41) is 4.06. The van der Waals surface area contributed by atoms with E-state index >= 15 is 0 Å². The third kappa shape index (κ3) is 6.66. The number of nitrogen functional groups attached to an aromatic ring is 2. The van der Waals surface area contributed by atoms with Crippen molar-refractivity contribution in [1.82, 2.24) is 30.1 Å². The summed E-state index contributed by atoms with van der Waals surface area (Å²) in [5.74, 6) is 0.867. The number of amides is 1. The minimum atomic E-state index is -0.194. The molecule has 2 fully saturated rings. The molecule has 11 heteroatoms. The van der Waals surface area contributed by atoms with E-state index in [-0.39, 0.29) is 5.91 Å². The Morgan fingerprint density at radius 1 is 1.10 bits per heavy atom. The fourth-order valence-electron chi connectivity index (χ4n) is 5.40. The summed E-state index contributed by atoms with van der Waals surface area (Å²) in [6, 6.07) is 8.03. The normalized spacial score (nSPS) is 17.6. The standard InChI is InChI=1S/C28H39N9OS/c1-35(2)20-8-13-37(14-9-20)26-25(30)22(29)15-24(34-26)27(38)32-16-19-6-11-36(12-7-19)18-21-17-33-28(39-21)23-5-3-4-10-31-23/h3-5,10,15,17,19-20H,6-9,11-14,16,18,30H2,1-2H3,(H2,29,34)(H,32,38). The van der Waals surface area contributed by atoms with E-state index in [0.29, 0.717) is 41.4 Å². The molecule has 3 aromatic heterocycles. The fourth-order valence-corrected chi connectivity index (χ4v) is 6.33. The van der Waals surface area contributed by atoms with Crippen LogP contribution < -0.4 is 21.7 Å². The molecule has 0 unspecified atom stereocenters. The van der Waals surface area contributed by atoms with Crippen molar-refractivity contribution in [3.05, 3.63) is 47.2 Å². The summed E-state index contributed by atoms with van der Waals surface area (Å²) in [4.78, 5) is 34.8. The number of rotatable bonds is 8. The Hall–Kier alpha value is -3.28. The summed E-state index contributed by atoms with van der Waals surface area (Å²) in [6.07, 6.45) is 7.89. The zero-order valence-corrected chi connectivity index (χ0v) is 23.7. The van der Waals surface area contributed by atoms with E-state index in [0.717, 1.165) is 69.1 Å². The lowest BCUT2D eigenvalue weighted by molar-refractivity contribution is 0.0930. The molecule has 5 N–H and O–H groups in total. The topological polar surface area (TPSA) is 130 Å². The molecule has 0 bridgehead atoms. The van der Waals surface area contributed by atoms with Crippen molar-refractivity contribution in [1.29, 1.82) is 0 Å². The molecular weight excluding hydrogens is 510 g/mol. The number of piperidine rings is 2. The Labute approximate surface area is 234 Å². The first-order valence-electron chi connectivity index (χ1n) is 13.7. The lowest BCUT2D eigenvalue weighted by Crippen LogP contribution is -2.42. The molecule has 0 radical (unpaired) electrons. The second-order valence-corrected chi connectivity index (χ2v) is 11.9. The van der Waals surface area contributed by atoms with Crippen LogP contribution in [-0.2, 0) is 6.54 Å². The van der Waals surface area contributed by atoms with Crippen LogP contribution in [0, 0.1) is 5.92 Å². The number of hydrogen-bond donors (Lipinski definition) is 3. The second kappa shape index (κ2) is 12.3. The van der Waals surface area contributed by atoms with Gasteiger partial charge in [0.1, 0.15) is 10.7 Å². The van der Waals surface area contributed by atoms with Gasteiger partial charge in [0.2, 0.25) is 0 Å². The van der Waals surface area contributed by atoms with E-state index in [1.165, 1.54) is 4.88 Å². The maximum Gasteiger partial charge on any atom is 0.270 e. The van der Waals surface area contributed by atoms with Gasteiger partial charge >= 0.3 is 0 Å². The molecule has 1 amide bonds. The van der Waals surface area contributed by atoms with E-state index in [2.05, 4.69) is 49.1 Å². The molecule has 2 aliphatic heterocycles. The summed E-state index contributed by atoms with van der Waals surface area (Å²) < 4.78 is 0. The van der Waals surface area contributed by atoms with Crippen LogP contribution in [0.1, 0.15) is 41.0 Å². The molecule has 0 atom stereocenters. The minimum absolute atomic E-state index is 0.194. The van der Waals surface area contributed by atoms with Crippen LogP contribution in [0.3, 0.4) is 0 Å². The second-order valence-electron chi connectivity index (χ2n) is 10.8. The number of likely N-dealkylation sites (tertiary alicyclic amines) is 1. The predicted octanol–water partition coefficient (Wildman–Crippen LogP) is 2.94. The molecule has 0 saturated carbocycles. The van der Waals surface area contributed by atoms with Gasteiger partial charge in [-0.25, -0.2) is 9.97 Å². The van der Waals surface area contributed by atoms with E-state index < -0.39 is 0 Å². The number of anilines is 3. The minimum Gasteiger partial charge on any atom is -0.397 e. The highest BCUT2D eigenvalue weighted by molar-refractivity contribution is 7.14. The molecule has 0 aromatic carbocycles. The Bertz CT molecular complexity index is 1250. The van der Waals surface area contributed by atoms with Crippen LogP contribution in [-0.4, -0.2) is 83.5 Å². The first-order valence-corrected chi connectivity index (χ1v) is 14.5. The molecule has 2 aliphatic rings. The van der Waals surface area contributed by atoms with Gasteiger partial charge in [-0.1, -0.05) is 6.07 Å². The zero-order valence-electron chi connectivity index (χ0n) is 22.8. The maximum absolute atomic E-state index is 13.0. The number of carbonyl (C=O) groups is 1. The number of thiazole rings is 1. The quantitative estimate of drug-likeness (QED) is 0.388. The van der Waals surface area contributed by atoms with Gasteiger partial charge < -0.3 is 26.6 Å². The highest BCUT2D eigenvalue weighted by Gasteiger charge is 2.25. The number of aromatic nitrogens is 3. The Morgan fingerprint density at radius 2 is 1.87 bits per heavy atom. The van der Waals surface area contributed by atoms with Crippen LogP contribution in [0.4, 0.5) is 17.2 Å². The van der Waals surface area contributed by atoms with Gasteiger partial charge in [-0.15, -0.1) is 11.3 Å². The highest BCUT2D eigenvalue weighted by atomic mass is 32.1. The van der Waals surface area contributed by atoms with Crippen LogP contribution in [0.2, 0.25) is 0 Å². The molecule has 3 aromatic rings. The number of nitrogens with zero attached hydrogens (tertiary/aromatic N) is 6. The van der Waals surface area contributed by atoms with Gasteiger partial charge in [0, 0.05) is 49.5 Å². The average molecular weight is 550 g/mol. The van der Waals surface area contributed by atoms with Crippen molar-refractivity contribution < 1.29 is 4.79 Å². The summed E-state index contributed by atoms with van der Waals surface area (Å²) in [5.41, 5.74) is 14.6. The molecule has 2 saturated heterocycles. The van der Waals surface area contributed by atoms with Crippen molar-refractivity contribution in [3.63, 3.8) is 0 Å². The highest BCUT2D eigenvalue weighted by Crippen LogP contribution is 2.30. The Kier molecular flexibility index (Phi) is 8.59. The van der Waals surface area contributed by atoms with Crippen LogP contribution in [0.5, 0.6) is 0 Å². The monoisotopic (exact) mass is 549 g/mol. The molecule has 10 nitrogen and oxygen atoms in total. The first kappa shape index (κ1) is 27.3. The lowest BCUT2D eigenvalue weighted by Gasteiger charge is -2.36. The van der Waals surface area contributed by atoms with Gasteiger partial charge in [-0.05, 0) is 77.0 Å². The van der Waals surface area contributed by atoms with E-state index in [4.69, 9.17) is 11.5 Å². The van der Waals surface area contributed by atoms with Crippen molar-refractivity contribution in [3.8, 4) is 10.7 Å². The van der Waals surface area contributed by atoms with E-state index in [1.807, 2.05) is 24.4 Å². The summed E-state index contributed by atoms with van der Waals surface area (Å²) >= 11 is 1.70. The van der Waals surface area contributed by atoms with Gasteiger partial charge in [0.05, 0.1) is 17.1 Å². The number of hydrogen-bond acceptors (Lipinski definition) is 10. The van der Waals surface area contributed by atoms with Crippen LogP contribution in [0.15, 0.2) is 36.7 Å². The smallest absolute Gasteiger partial charge is 0.270 e. The predicted molar refractivity (Wildman–Crippen MR) is 158 cm³/mol. The third-order valence-electron chi connectivity index (χ3n) is 7.87. The number of carbonyl (C=O) groups excluding carboxylic acids is 1. The largest absolute Gasteiger partial charge is 0.397 e. The van der Waals surface area contributed by atoms with Crippen molar-refractivity contribution in [2.45, 2.75) is 38.3 Å². The number of nitrogens with two attached hydrogens (primary N) is 2. The number of pyridine rings is 2. The molecule has 39 heavy (non-hydrogen) atoms. The number of nitrogens with one attached hydrogen (secondary N) is 1. The van der Waals surface area contributed by atoms with Crippen molar-refractivity contribution in [2.75, 3.05) is 63.2 Å². The average Bonchev–Trinajstić information content (AvgIpc) is 3.43. The van der Waals surface area contributed by atoms with Gasteiger partial charge in [0.15, 0.2) is 5.82 Å². The van der Waals surface area contributed by atoms with Gasteiger partial charge in [-0.2, -0.15) is 0 Å². The molecule has 5 heterocycles. The first-order chi connectivity index (χ1) is 18.9. The SMILES string of the molecule is CN(C)C1CCN(c2nc(C(=O)NCC3CCN(Cc4cnc(-c5ccccn5)s4)CC3)cc(N)c2N)CC1. The molecule has 5 rings (SSSR count). The van der Waals surface area contributed by atoms with E-state index in [1.54, 1.807) is 23.6 Å². The van der Waals surface area contributed by atoms with Crippen molar-refractivity contribution >= 4 is 34.4 Å². The fraction of sp³-hybridized carbons (Fsp3) is 0.500. The molecule has 0 spiro atoms. The maximum atomic E-state index is 13.0. The third-order valence-corrected chi connectivity index (χ3v) is 8.88. The Balaban J connectivity index is 1.10. The van der Waals surface area contributed by atoms with Gasteiger partial charge in [0.25, 0.3) is 5.91 Å². The van der Waals surface area contributed by atoms with Crippen LogP contribution >= 0.6 is 11.3 Å². The van der Waals surface area contributed by atoms with Gasteiger partial charge in [-0.3, -0.25) is 14.7 Å². The molecule has 0 aliphatic carbocycles. The zero-order chi connectivity index (χ0) is 27.4.